The van der Waals surface area contributed by atoms with Crippen LogP contribution in [0.3, 0.4) is 0 Å². The van der Waals surface area contributed by atoms with Crippen LogP contribution in [0.5, 0.6) is 11.5 Å². The molecule has 0 atom stereocenters. The number of para-hydroxylation sites is 1. The average molecular weight is 392 g/mol. The molecule has 7 heteroatoms. The highest BCUT2D eigenvalue weighted by atomic mass is 16.5. The fraction of sp³-hybridized carbons (Fsp3) is 0.136. The third kappa shape index (κ3) is 4.70. The zero-order valence-electron chi connectivity index (χ0n) is 16.4. The molecule has 0 fully saturated rings. The number of methoxy groups -OCH3 is 2. The van der Waals surface area contributed by atoms with E-state index in [1.54, 1.807) is 44.6 Å². The Bertz CT molecular complexity index is 983. The van der Waals surface area contributed by atoms with Gasteiger partial charge in [-0.1, -0.05) is 18.2 Å². The predicted molar refractivity (Wildman–Crippen MR) is 117 cm³/mol. The second kappa shape index (κ2) is 8.88. The summed E-state index contributed by atoms with van der Waals surface area (Å²) in [5, 5.41) is 6.09. The Hall–Kier alpha value is -3.87. The first-order chi connectivity index (χ1) is 14.0. The van der Waals surface area contributed by atoms with Crippen molar-refractivity contribution in [3.05, 3.63) is 71.8 Å². The zero-order valence-corrected chi connectivity index (χ0v) is 16.4. The number of nitrogens with two attached hydrogens (primary N) is 2. The molecule has 0 aromatic heterocycles. The zero-order chi connectivity index (χ0) is 20.8. The summed E-state index contributed by atoms with van der Waals surface area (Å²) in [6, 6.07) is 18.0. The SMILES string of the molecule is COc1ccc(NCc2ccc(C(=O)Nc3c(N)cccc3N)cc2)cc1OC. The highest BCUT2D eigenvalue weighted by molar-refractivity contribution is 6.07. The number of benzene rings is 3. The van der Waals surface area contributed by atoms with Crippen molar-refractivity contribution >= 4 is 28.7 Å². The van der Waals surface area contributed by atoms with Gasteiger partial charge in [-0.3, -0.25) is 4.79 Å². The highest BCUT2D eigenvalue weighted by Gasteiger charge is 2.11. The van der Waals surface area contributed by atoms with Crippen LogP contribution in [0.2, 0.25) is 0 Å². The second-order valence-corrected chi connectivity index (χ2v) is 6.39. The lowest BCUT2D eigenvalue weighted by atomic mass is 10.1. The van der Waals surface area contributed by atoms with E-state index in [0.717, 1.165) is 11.3 Å². The van der Waals surface area contributed by atoms with Gasteiger partial charge in [0.15, 0.2) is 11.5 Å². The number of rotatable bonds is 7. The maximum Gasteiger partial charge on any atom is 0.255 e. The van der Waals surface area contributed by atoms with Gasteiger partial charge in [0.2, 0.25) is 0 Å². The Kier molecular flexibility index (Phi) is 6.09. The van der Waals surface area contributed by atoms with Crippen LogP contribution >= 0.6 is 0 Å². The van der Waals surface area contributed by atoms with Gasteiger partial charge in [-0.2, -0.15) is 0 Å². The van der Waals surface area contributed by atoms with Crippen LogP contribution in [0.15, 0.2) is 60.7 Å². The molecule has 0 aliphatic rings. The van der Waals surface area contributed by atoms with Gasteiger partial charge in [-0.25, -0.2) is 0 Å². The number of carbonyl (C=O) groups excluding carboxylic acids is 1. The summed E-state index contributed by atoms with van der Waals surface area (Å²) in [6.45, 7) is 0.593. The number of hydrogen-bond acceptors (Lipinski definition) is 6. The average Bonchev–Trinajstić information content (AvgIpc) is 2.75. The topological polar surface area (TPSA) is 112 Å². The van der Waals surface area contributed by atoms with Gasteiger partial charge in [0, 0.05) is 23.9 Å². The van der Waals surface area contributed by atoms with E-state index in [4.69, 9.17) is 20.9 Å². The predicted octanol–water partition coefficient (Wildman–Crippen LogP) is 3.73. The van der Waals surface area contributed by atoms with Gasteiger partial charge < -0.3 is 31.6 Å². The van der Waals surface area contributed by atoms with Crippen molar-refractivity contribution in [3.8, 4) is 11.5 Å². The van der Waals surface area contributed by atoms with E-state index >= 15 is 0 Å². The number of anilines is 4. The molecule has 29 heavy (non-hydrogen) atoms. The summed E-state index contributed by atoms with van der Waals surface area (Å²) in [5.41, 5.74) is 15.5. The molecule has 0 heterocycles. The summed E-state index contributed by atoms with van der Waals surface area (Å²) in [6.07, 6.45) is 0. The van der Waals surface area contributed by atoms with Crippen molar-refractivity contribution in [2.45, 2.75) is 6.54 Å². The Labute approximate surface area is 169 Å². The lowest BCUT2D eigenvalue weighted by molar-refractivity contribution is 0.102. The van der Waals surface area contributed by atoms with Crippen LogP contribution in [-0.4, -0.2) is 20.1 Å². The normalized spacial score (nSPS) is 10.3. The number of nitrogen functional groups attached to an aromatic ring is 2. The van der Waals surface area contributed by atoms with E-state index in [1.807, 2.05) is 30.3 Å². The molecule has 1 amide bonds. The second-order valence-electron chi connectivity index (χ2n) is 6.39. The van der Waals surface area contributed by atoms with E-state index in [-0.39, 0.29) is 5.91 Å². The molecule has 7 nitrogen and oxygen atoms in total. The van der Waals surface area contributed by atoms with Crippen LogP contribution in [-0.2, 0) is 6.54 Å². The standard InChI is InChI=1S/C22H24N4O3/c1-28-19-11-10-16(12-20(19)29-2)25-13-14-6-8-15(9-7-14)22(27)26-21-17(23)4-3-5-18(21)24/h3-12,25H,13,23-24H2,1-2H3,(H,26,27). The fourth-order valence-electron chi connectivity index (χ4n) is 2.84. The van der Waals surface area contributed by atoms with Crippen molar-refractivity contribution in [1.29, 1.82) is 0 Å². The highest BCUT2D eigenvalue weighted by Crippen LogP contribution is 2.30. The first kappa shape index (κ1) is 19.9. The maximum atomic E-state index is 12.5. The molecule has 150 valence electrons. The van der Waals surface area contributed by atoms with Crippen LogP contribution in [0.4, 0.5) is 22.7 Å². The number of nitrogens with one attached hydrogen (secondary N) is 2. The largest absolute Gasteiger partial charge is 0.493 e. The molecule has 0 aliphatic heterocycles. The van der Waals surface area contributed by atoms with Gasteiger partial charge >= 0.3 is 0 Å². The molecule has 0 aliphatic carbocycles. The molecule has 0 saturated heterocycles. The molecule has 3 rings (SSSR count). The van der Waals surface area contributed by atoms with Crippen molar-refractivity contribution in [2.75, 3.05) is 36.3 Å². The molecular weight excluding hydrogens is 368 g/mol. The van der Waals surface area contributed by atoms with E-state index in [0.29, 0.717) is 40.7 Å². The van der Waals surface area contributed by atoms with Crippen molar-refractivity contribution in [1.82, 2.24) is 0 Å². The summed E-state index contributed by atoms with van der Waals surface area (Å²) in [5.74, 6) is 1.06. The van der Waals surface area contributed by atoms with E-state index in [9.17, 15) is 4.79 Å². The van der Waals surface area contributed by atoms with E-state index in [2.05, 4.69) is 10.6 Å². The molecule has 0 spiro atoms. The third-order valence-electron chi connectivity index (χ3n) is 4.46. The van der Waals surface area contributed by atoms with Gasteiger partial charge in [-0.05, 0) is 42.0 Å². The smallest absolute Gasteiger partial charge is 0.255 e. The van der Waals surface area contributed by atoms with Gasteiger partial charge in [0.05, 0.1) is 31.3 Å². The Balaban J connectivity index is 1.63. The quantitative estimate of drug-likeness (QED) is 0.456. The molecule has 0 radical (unpaired) electrons. The molecule has 3 aromatic rings. The van der Waals surface area contributed by atoms with E-state index in [1.165, 1.54) is 0 Å². The Morgan fingerprint density at radius 2 is 1.55 bits per heavy atom. The summed E-state index contributed by atoms with van der Waals surface area (Å²) in [7, 11) is 3.20. The molecule has 3 aromatic carbocycles. The molecule has 0 saturated carbocycles. The van der Waals surface area contributed by atoms with Crippen LogP contribution in [0.1, 0.15) is 15.9 Å². The minimum Gasteiger partial charge on any atom is -0.493 e. The number of carbonyl (C=O) groups is 1. The minimum absolute atomic E-state index is 0.269. The van der Waals surface area contributed by atoms with Gasteiger partial charge in [0.1, 0.15) is 0 Å². The molecule has 0 unspecified atom stereocenters. The lowest BCUT2D eigenvalue weighted by Gasteiger charge is -2.12. The van der Waals surface area contributed by atoms with Gasteiger partial charge in [-0.15, -0.1) is 0 Å². The third-order valence-corrected chi connectivity index (χ3v) is 4.46. The summed E-state index contributed by atoms with van der Waals surface area (Å²) >= 11 is 0. The van der Waals surface area contributed by atoms with E-state index < -0.39 is 0 Å². The molecular formula is C22H24N4O3. The molecule has 6 N–H and O–H groups in total. The summed E-state index contributed by atoms with van der Waals surface area (Å²) < 4.78 is 10.5. The minimum atomic E-state index is -0.269. The monoisotopic (exact) mass is 392 g/mol. The Morgan fingerprint density at radius 1 is 0.897 bits per heavy atom. The maximum absolute atomic E-state index is 12.5. The first-order valence-corrected chi connectivity index (χ1v) is 9.02. The fourth-order valence-corrected chi connectivity index (χ4v) is 2.84. The van der Waals surface area contributed by atoms with Crippen molar-refractivity contribution in [2.24, 2.45) is 0 Å². The van der Waals surface area contributed by atoms with Crippen LogP contribution in [0.25, 0.3) is 0 Å². The van der Waals surface area contributed by atoms with Crippen molar-refractivity contribution < 1.29 is 14.3 Å². The molecule has 0 bridgehead atoms. The first-order valence-electron chi connectivity index (χ1n) is 9.02. The number of amides is 1. The van der Waals surface area contributed by atoms with Crippen LogP contribution in [0, 0.1) is 0 Å². The number of hydrogen-bond donors (Lipinski definition) is 4. The summed E-state index contributed by atoms with van der Waals surface area (Å²) in [4.78, 5) is 12.5. The lowest BCUT2D eigenvalue weighted by Crippen LogP contribution is -2.14. The van der Waals surface area contributed by atoms with Gasteiger partial charge in [0.25, 0.3) is 5.91 Å². The van der Waals surface area contributed by atoms with Crippen molar-refractivity contribution in [3.63, 3.8) is 0 Å². The number of ether oxygens (including phenoxy) is 2. The van der Waals surface area contributed by atoms with Crippen LogP contribution < -0.4 is 31.6 Å². The Morgan fingerprint density at radius 3 is 2.17 bits per heavy atom.